The topological polar surface area (TPSA) is 486 Å². The lowest BCUT2D eigenvalue weighted by molar-refractivity contribution is -0.135. The van der Waals surface area contributed by atoms with Crippen molar-refractivity contribution in [2.45, 2.75) is 114 Å². The Hall–Kier alpha value is -8.87. The largest absolute Gasteiger partial charge is 0.481 e. The summed E-state index contributed by atoms with van der Waals surface area (Å²) in [5.41, 5.74) is 30.2. The minimum absolute atomic E-state index is 0.0570. The molecule has 4 aromatic rings. The zero-order valence-electron chi connectivity index (χ0n) is 45.4. The van der Waals surface area contributed by atoms with E-state index >= 15 is 0 Å². The van der Waals surface area contributed by atoms with Gasteiger partial charge in [0.05, 0.1) is 6.33 Å². The van der Waals surface area contributed by atoms with Crippen molar-refractivity contribution in [3.63, 3.8) is 0 Å². The molecule has 1 aliphatic heterocycles. The second-order valence-electron chi connectivity index (χ2n) is 18.8. The molecule has 0 bridgehead atoms. The number of aromatic amines is 2. The van der Waals surface area contributed by atoms with Gasteiger partial charge in [0.2, 0.25) is 53.2 Å². The highest BCUT2D eigenvalue weighted by atomic mass is 33.1. The number of amides is 9. The van der Waals surface area contributed by atoms with Crippen molar-refractivity contribution in [1.82, 2.24) is 57.5 Å². The molecule has 1 aliphatic rings. The summed E-state index contributed by atoms with van der Waals surface area (Å²) < 4.78 is 0. The number of carboxylic acid groups (broad SMARTS) is 1. The highest BCUT2D eigenvalue weighted by molar-refractivity contribution is 8.76. The molecule has 0 aliphatic carbocycles. The Labute approximate surface area is 479 Å². The minimum atomic E-state index is -1.40. The number of primary amides is 1. The lowest BCUT2D eigenvalue weighted by atomic mass is 10.0. The molecule has 21 N–H and O–H groups in total. The molecule has 31 heteroatoms. The van der Waals surface area contributed by atoms with Crippen LogP contribution in [0.5, 0.6) is 0 Å². The van der Waals surface area contributed by atoms with E-state index in [2.05, 4.69) is 67.5 Å². The van der Waals surface area contributed by atoms with E-state index in [-0.39, 0.29) is 81.5 Å². The number of para-hydroxylation sites is 1. The summed E-state index contributed by atoms with van der Waals surface area (Å²) in [5, 5.41) is 29.6. The van der Waals surface area contributed by atoms with E-state index in [0.29, 0.717) is 17.0 Å². The van der Waals surface area contributed by atoms with Gasteiger partial charge in [0.1, 0.15) is 48.3 Å². The molecule has 29 nitrogen and oxygen atoms in total. The average Bonchev–Trinajstić information content (AvgIpc) is 4.10. The zero-order valence-corrected chi connectivity index (χ0v) is 47.0. The Morgan fingerprint density at radius 3 is 1.83 bits per heavy atom. The summed E-state index contributed by atoms with van der Waals surface area (Å²) in [6.07, 6.45) is 2.83. The first-order valence-electron chi connectivity index (χ1n) is 25.8. The summed E-state index contributed by atoms with van der Waals surface area (Å²) in [7, 11) is 2.01. The number of fused-ring (bicyclic) bond motifs is 1. The molecule has 82 heavy (non-hydrogen) atoms. The SMILES string of the molecule is CC(=O)N[C@@H](CCCN=C(N)N)C(=O)N[C@H]1CSSC[C@@H](C(N)=O)NC(=O)[C@H](Cc2cc3ccccc3[nH]2)NC(=O)[C@H](CCCN=C(N)N)NC(=O)C(Cc2ccccc2)NC(=O)[C@H](Cc2cnc[nH]2)NC(=O)[C@@H](C)NC1=O.CC(=O)O. The number of imidazole rings is 1. The smallest absolute Gasteiger partial charge is 0.300 e. The number of carbonyl (C=O) groups excluding carboxylic acids is 9. The molecule has 2 aromatic heterocycles. The van der Waals surface area contributed by atoms with Crippen molar-refractivity contribution in [3.8, 4) is 0 Å². The van der Waals surface area contributed by atoms with Gasteiger partial charge in [0, 0.05) is 80.8 Å². The van der Waals surface area contributed by atoms with Gasteiger partial charge in [-0.2, -0.15) is 0 Å². The molecule has 2 aromatic carbocycles. The fraction of sp³-hybridized carbons (Fsp3) is 0.431. The van der Waals surface area contributed by atoms with Crippen LogP contribution in [0.2, 0.25) is 0 Å². The van der Waals surface area contributed by atoms with E-state index in [1.807, 2.05) is 24.3 Å². The first-order chi connectivity index (χ1) is 39.0. The summed E-state index contributed by atoms with van der Waals surface area (Å²) in [6, 6.07) is 7.01. The quantitative estimate of drug-likeness (QED) is 0.0203. The number of aromatic nitrogens is 3. The van der Waals surface area contributed by atoms with Crippen molar-refractivity contribution in [2.24, 2.45) is 38.7 Å². The van der Waals surface area contributed by atoms with Gasteiger partial charge in [-0.25, -0.2) is 4.98 Å². The van der Waals surface area contributed by atoms with Crippen LogP contribution >= 0.6 is 21.6 Å². The van der Waals surface area contributed by atoms with E-state index in [1.54, 1.807) is 36.4 Å². The molecule has 0 radical (unpaired) electrons. The van der Waals surface area contributed by atoms with Crippen LogP contribution in [0.25, 0.3) is 10.9 Å². The number of nitrogens with zero attached hydrogens (tertiary/aromatic N) is 3. The Bertz CT molecular complexity index is 2850. The van der Waals surface area contributed by atoms with E-state index in [1.165, 1.54) is 26.4 Å². The van der Waals surface area contributed by atoms with Crippen LogP contribution in [-0.2, 0) is 67.2 Å². The van der Waals surface area contributed by atoms with Crippen molar-refractivity contribution in [2.75, 3.05) is 24.6 Å². The van der Waals surface area contributed by atoms with Crippen LogP contribution in [0, 0.1) is 0 Å². The van der Waals surface area contributed by atoms with Gasteiger partial charge in [0.25, 0.3) is 5.97 Å². The zero-order chi connectivity index (χ0) is 60.3. The standard InChI is InChI=1S/C49H68N18O9S2.C2H4O2/c1-26-41(70)63-37(21-31-22-55-25-58-31)45(74)64-35(18-28-10-4-3-5-11-28)44(73)62-34(15-9-17-57-49(53)54)43(72)65-36(20-30-19-29-12-6-7-13-32(29)61-30)46(75)66-38(40(50)69)23-77-78-24-39(47(76)59-26)67-42(71)33(60-27(2)68)14-8-16-56-48(51)52;1-2(3)4/h3-7,10-13,19,22,25-26,33-39,61H,8-9,14-18,20-21,23-24H2,1-2H3,(H2,50,69)(H,55,58)(H,59,76)(H,60,68)(H,62,73)(H,63,70)(H,64,74)(H,65,72)(H,66,75)(H,67,71)(H4,51,52,56)(H4,53,54,57);1H3,(H,3,4)/t26-,33+,34+,35?,36+,37+,38+,39+;/m1./s1. The number of nitrogens with two attached hydrogens (primary N) is 5. The number of aliphatic imine (C=N–C) groups is 2. The maximum Gasteiger partial charge on any atom is 0.300 e. The van der Waals surface area contributed by atoms with Crippen LogP contribution in [0.15, 0.2) is 83.2 Å². The number of guanidine groups is 2. The maximum absolute atomic E-state index is 14.6. The molecule has 3 heterocycles. The first-order valence-corrected chi connectivity index (χ1v) is 28.3. The number of hydrogen-bond acceptors (Lipinski definition) is 15. The van der Waals surface area contributed by atoms with Gasteiger partial charge in [-0.3, -0.25) is 57.9 Å². The van der Waals surface area contributed by atoms with E-state index in [9.17, 15) is 43.2 Å². The van der Waals surface area contributed by atoms with Crippen LogP contribution in [0.3, 0.4) is 0 Å². The molecular weight excluding hydrogens is 1100 g/mol. The molecule has 0 saturated carbocycles. The Morgan fingerprint density at radius 2 is 1.23 bits per heavy atom. The van der Waals surface area contributed by atoms with Crippen LogP contribution < -0.4 is 71.2 Å². The van der Waals surface area contributed by atoms with E-state index < -0.39 is 107 Å². The van der Waals surface area contributed by atoms with Crippen LogP contribution in [0.1, 0.15) is 63.4 Å². The number of H-pyrrole nitrogens is 2. The Morgan fingerprint density at radius 1 is 0.683 bits per heavy atom. The number of benzene rings is 2. The molecule has 1 saturated heterocycles. The molecule has 1 fully saturated rings. The normalized spacial score (nSPS) is 20.9. The minimum Gasteiger partial charge on any atom is -0.481 e. The summed E-state index contributed by atoms with van der Waals surface area (Å²) in [5.74, 6) is -8.81. The molecule has 9 amide bonds. The van der Waals surface area contributed by atoms with Crippen LogP contribution in [0.4, 0.5) is 0 Å². The lowest BCUT2D eigenvalue weighted by Crippen LogP contribution is -2.61. The van der Waals surface area contributed by atoms with Gasteiger partial charge in [-0.05, 0) is 55.7 Å². The Kier molecular flexibility index (Phi) is 26.9. The fourth-order valence-electron chi connectivity index (χ4n) is 8.00. The lowest BCUT2D eigenvalue weighted by Gasteiger charge is -2.27. The predicted molar refractivity (Wildman–Crippen MR) is 308 cm³/mol. The van der Waals surface area contributed by atoms with E-state index in [0.717, 1.165) is 39.4 Å². The average molecular weight is 1180 g/mol. The van der Waals surface area contributed by atoms with Crippen molar-refractivity contribution in [3.05, 3.63) is 90.1 Å². The number of hydrogen-bond donors (Lipinski definition) is 16. The number of carboxylic acids is 1. The monoisotopic (exact) mass is 1180 g/mol. The third-order valence-electron chi connectivity index (χ3n) is 12.0. The summed E-state index contributed by atoms with van der Waals surface area (Å²) in [6.45, 7) is 3.83. The van der Waals surface area contributed by atoms with Gasteiger partial charge in [-0.15, -0.1) is 0 Å². The third-order valence-corrected chi connectivity index (χ3v) is 14.4. The van der Waals surface area contributed by atoms with Crippen LogP contribution in [-0.4, -0.2) is 164 Å². The van der Waals surface area contributed by atoms with Crippen molar-refractivity contribution >= 4 is 104 Å². The van der Waals surface area contributed by atoms with Gasteiger partial charge in [0.15, 0.2) is 11.9 Å². The van der Waals surface area contributed by atoms with Gasteiger partial charge >= 0.3 is 0 Å². The molecule has 444 valence electrons. The summed E-state index contributed by atoms with van der Waals surface area (Å²) in [4.78, 5) is 153. The molecule has 8 atom stereocenters. The first kappa shape index (κ1) is 65.6. The van der Waals surface area contributed by atoms with Crippen molar-refractivity contribution < 1.29 is 53.1 Å². The van der Waals surface area contributed by atoms with Gasteiger partial charge < -0.3 is 86.3 Å². The molecular formula is C51H72N18O11S2. The second kappa shape index (κ2) is 33.7. The highest BCUT2D eigenvalue weighted by Gasteiger charge is 2.35. The fourth-order valence-corrected chi connectivity index (χ4v) is 10.3. The maximum atomic E-state index is 14.6. The number of nitrogens with one attached hydrogen (secondary N) is 10. The Balaban J connectivity index is 0.00000349. The summed E-state index contributed by atoms with van der Waals surface area (Å²) >= 11 is 0. The van der Waals surface area contributed by atoms with Crippen molar-refractivity contribution in [1.29, 1.82) is 0 Å². The third kappa shape index (κ3) is 23.5. The van der Waals surface area contributed by atoms with E-state index in [4.69, 9.17) is 38.6 Å². The molecule has 5 rings (SSSR count). The number of carbonyl (C=O) groups is 10. The number of aliphatic carboxylic acids is 1. The highest BCUT2D eigenvalue weighted by Crippen LogP contribution is 2.24. The predicted octanol–water partition coefficient (Wildman–Crippen LogP) is -3.08. The molecule has 1 unspecified atom stereocenters. The van der Waals surface area contributed by atoms with Gasteiger partial charge in [-0.1, -0.05) is 70.1 Å². The molecule has 0 spiro atoms. The second-order valence-corrected chi connectivity index (χ2v) is 21.3. The number of rotatable bonds is 18.